The van der Waals surface area contributed by atoms with E-state index in [9.17, 15) is 4.79 Å². The van der Waals surface area contributed by atoms with Crippen LogP contribution in [0.15, 0.2) is 42.7 Å². The lowest BCUT2D eigenvalue weighted by Gasteiger charge is -2.03. The maximum atomic E-state index is 10.8. The topological polar surface area (TPSA) is 42.0 Å². The molecule has 2 aromatic rings. The molecule has 1 aromatic heterocycles. The van der Waals surface area contributed by atoms with Crippen molar-refractivity contribution in [2.24, 2.45) is 0 Å². The van der Waals surface area contributed by atoms with E-state index in [4.69, 9.17) is 0 Å². The molecule has 0 bridgehead atoms. The Bertz CT molecular complexity index is 477. The van der Waals surface area contributed by atoms with E-state index >= 15 is 0 Å². The highest BCUT2D eigenvalue weighted by Gasteiger charge is 1.98. The molecule has 0 fully saturated rings. The van der Waals surface area contributed by atoms with Crippen LogP contribution >= 0.6 is 0 Å². The first kappa shape index (κ1) is 10.4. The highest BCUT2D eigenvalue weighted by Crippen LogP contribution is 2.19. The fourth-order valence-electron chi connectivity index (χ4n) is 1.42. The number of pyridine rings is 1. The first-order chi connectivity index (χ1) is 7.75. The van der Waals surface area contributed by atoms with Crippen LogP contribution in [-0.4, -0.2) is 10.9 Å². The van der Waals surface area contributed by atoms with Gasteiger partial charge < -0.3 is 5.32 Å². The summed E-state index contributed by atoms with van der Waals surface area (Å²) in [6, 6.07) is 12.5. The Hall–Kier alpha value is -2.16. The Kier molecular flexibility index (Phi) is 2.96. The summed E-state index contributed by atoms with van der Waals surface area (Å²) >= 11 is 0. The summed E-state index contributed by atoms with van der Waals surface area (Å²) in [7, 11) is 0. The van der Waals surface area contributed by atoms with Gasteiger partial charge in [-0.15, -0.1) is 0 Å². The molecule has 1 amide bonds. The molecule has 0 aliphatic heterocycles. The molecule has 1 heterocycles. The van der Waals surface area contributed by atoms with Gasteiger partial charge in [0, 0.05) is 31.1 Å². The zero-order valence-electron chi connectivity index (χ0n) is 8.90. The predicted molar refractivity (Wildman–Crippen MR) is 62.8 cm³/mol. The monoisotopic (exact) mass is 211 g/mol. The van der Waals surface area contributed by atoms with Crippen LogP contribution in [0.4, 0.5) is 5.69 Å². The number of aromatic nitrogens is 1. The fourth-order valence-corrected chi connectivity index (χ4v) is 1.42. The van der Waals surface area contributed by atoms with E-state index in [1.54, 1.807) is 12.4 Å². The summed E-state index contributed by atoms with van der Waals surface area (Å²) < 4.78 is 0. The molecule has 0 saturated carbocycles. The van der Waals surface area contributed by atoms with Gasteiger partial charge in [0.2, 0.25) is 5.91 Å². The summed E-state index contributed by atoms with van der Waals surface area (Å²) in [5.41, 5.74) is 2.82. The molecular formula is C13H11N2O. The second kappa shape index (κ2) is 4.57. The van der Waals surface area contributed by atoms with Gasteiger partial charge >= 0.3 is 0 Å². The molecule has 1 aromatic carbocycles. The molecule has 3 heteroatoms. The lowest BCUT2D eigenvalue weighted by molar-refractivity contribution is -0.114. The van der Waals surface area contributed by atoms with Crippen molar-refractivity contribution >= 4 is 11.6 Å². The largest absolute Gasteiger partial charge is 0.326 e. The van der Waals surface area contributed by atoms with Crippen LogP contribution in [0.5, 0.6) is 0 Å². The summed E-state index contributed by atoms with van der Waals surface area (Å²) in [5.74, 6) is -0.0899. The fraction of sp³-hybridized carbons (Fsp3) is 0.0769. The van der Waals surface area contributed by atoms with Gasteiger partial charge in [-0.05, 0) is 35.4 Å². The van der Waals surface area contributed by atoms with Crippen molar-refractivity contribution in [1.29, 1.82) is 0 Å². The maximum absolute atomic E-state index is 10.8. The number of hydrogen-bond donors (Lipinski definition) is 1. The number of hydrogen-bond acceptors (Lipinski definition) is 2. The van der Waals surface area contributed by atoms with Crippen LogP contribution in [0.1, 0.15) is 6.92 Å². The van der Waals surface area contributed by atoms with Crippen LogP contribution in [0.2, 0.25) is 0 Å². The van der Waals surface area contributed by atoms with Gasteiger partial charge in [0.25, 0.3) is 0 Å². The molecule has 16 heavy (non-hydrogen) atoms. The standard InChI is InChI=1S/C13H11N2O/c1-10(16)15-13-4-2-11(3-5-13)12-6-8-14-9-7-12/h2-4,6-9H,1H3,(H,15,16). The molecule has 0 unspecified atom stereocenters. The smallest absolute Gasteiger partial charge is 0.221 e. The molecule has 3 nitrogen and oxygen atoms in total. The average molecular weight is 211 g/mol. The van der Waals surface area contributed by atoms with Crippen LogP contribution in [0.25, 0.3) is 11.1 Å². The molecule has 2 rings (SSSR count). The molecule has 1 radical (unpaired) electrons. The van der Waals surface area contributed by atoms with Crippen LogP contribution in [-0.2, 0) is 4.79 Å². The van der Waals surface area contributed by atoms with E-state index in [0.717, 1.165) is 11.1 Å². The van der Waals surface area contributed by atoms with Crippen LogP contribution in [0, 0.1) is 6.07 Å². The number of carbonyl (C=O) groups is 1. The van der Waals surface area contributed by atoms with Gasteiger partial charge in [-0.1, -0.05) is 6.07 Å². The van der Waals surface area contributed by atoms with Crippen molar-refractivity contribution in [1.82, 2.24) is 4.98 Å². The number of benzene rings is 1. The number of carbonyl (C=O) groups excluding carboxylic acids is 1. The second-order valence-electron chi connectivity index (χ2n) is 3.41. The van der Waals surface area contributed by atoms with Gasteiger partial charge in [-0.3, -0.25) is 9.78 Å². The number of amides is 1. The van der Waals surface area contributed by atoms with E-state index in [-0.39, 0.29) is 5.91 Å². The highest BCUT2D eigenvalue weighted by molar-refractivity contribution is 5.88. The van der Waals surface area contributed by atoms with E-state index in [1.165, 1.54) is 6.92 Å². The van der Waals surface area contributed by atoms with Gasteiger partial charge in [0.15, 0.2) is 0 Å². The lowest BCUT2D eigenvalue weighted by Crippen LogP contribution is -2.05. The Morgan fingerprint density at radius 1 is 1.19 bits per heavy atom. The SMILES string of the molecule is CC(=O)Nc1[c]cc(-c2ccncc2)cc1. The third kappa shape index (κ3) is 2.45. The molecule has 0 aliphatic carbocycles. The zero-order valence-corrected chi connectivity index (χ0v) is 8.90. The molecular weight excluding hydrogens is 200 g/mol. The highest BCUT2D eigenvalue weighted by atomic mass is 16.1. The van der Waals surface area contributed by atoms with Crippen molar-refractivity contribution in [3.63, 3.8) is 0 Å². The van der Waals surface area contributed by atoms with Crippen molar-refractivity contribution < 1.29 is 4.79 Å². The maximum Gasteiger partial charge on any atom is 0.221 e. The van der Waals surface area contributed by atoms with E-state index < -0.39 is 0 Å². The quantitative estimate of drug-likeness (QED) is 0.829. The van der Waals surface area contributed by atoms with E-state index in [0.29, 0.717) is 5.69 Å². The number of nitrogens with one attached hydrogen (secondary N) is 1. The first-order valence-corrected chi connectivity index (χ1v) is 4.95. The summed E-state index contributed by atoms with van der Waals surface area (Å²) in [6.07, 6.45) is 3.49. The van der Waals surface area contributed by atoms with Gasteiger partial charge in [0.05, 0.1) is 0 Å². The summed E-state index contributed by atoms with van der Waals surface area (Å²) in [5, 5.41) is 2.68. The predicted octanol–water partition coefficient (Wildman–Crippen LogP) is 2.51. The Balaban J connectivity index is 2.23. The first-order valence-electron chi connectivity index (χ1n) is 4.95. The van der Waals surface area contributed by atoms with Crippen LogP contribution < -0.4 is 5.32 Å². The third-order valence-electron chi connectivity index (χ3n) is 2.14. The molecule has 0 spiro atoms. The van der Waals surface area contributed by atoms with Gasteiger partial charge in [-0.2, -0.15) is 0 Å². The third-order valence-corrected chi connectivity index (χ3v) is 2.14. The van der Waals surface area contributed by atoms with Crippen LogP contribution in [0.3, 0.4) is 0 Å². The molecule has 79 valence electrons. The van der Waals surface area contributed by atoms with E-state index in [1.807, 2.05) is 30.3 Å². The van der Waals surface area contributed by atoms with Crippen molar-refractivity contribution in [3.8, 4) is 11.1 Å². The Labute approximate surface area is 94.1 Å². The normalized spacial score (nSPS) is 9.81. The number of nitrogens with zero attached hydrogens (tertiary/aromatic N) is 1. The molecule has 1 N–H and O–H groups in total. The summed E-state index contributed by atoms with van der Waals surface area (Å²) in [4.78, 5) is 14.8. The van der Waals surface area contributed by atoms with Crippen molar-refractivity contribution in [2.45, 2.75) is 6.92 Å². The second-order valence-corrected chi connectivity index (χ2v) is 3.41. The Morgan fingerprint density at radius 3 is 2.50 bits per heavy atom. The zero-order chi connectivity index (χ0) is 11.4. The van der Waals surface area contributed by atoms with Crippen molar-refractivity contribution in [2.75, 3.05) is 5.32 Å². The number of anilines is 1. The number of rotatable bonds is 2. The molecule has 0 aliphatic rings. The van der Waals surface area contributed by atoms with Crippen molar-refractivity contribution in [3.05, 3.63) is 48.8 Å². The van der Waals surface area contributed by atoms with Gasteiger partial charge in [-0.25, -0.2) is 0 Å². The summed E-state index contributed by atoms with van der Waals surface area (Å²) in [6.45, 7) is 1.48. The minimum atomic E-state index is -0.0899. The molecule has 0 saturated heterocycles. The molecule has 0 atom stereocenters. The van der Waals surface area contributed by atoms with Gasteiger partial charge in [0.1, 0.15) is 0 Å². The minimum absolute atomic E-state index is 0.0899. The van der Waals surface area contributed by atoms with E-state index in [2.05, 4.69) is 16.4 Å². The minimum Gasteiger partial charge on any atom is -0.326 e. The Morgan fingerprint density at radius 2 is 1.94 bits per heavy atom. The lowest BCUT2D eigenvalue weighted by atomic mass is 10.1. The average Bonchev–Trinajstić information content (AvgIpc) is 2.30.